The number of anilines is 1. The second-order valence-corrected chi connectivity index (χ2v) is 5.72. The number of nitrogens with one attached hydrogen (secondary N) is 1. The molecule has 0 spiro atoms. The van der Waals surface area contributed by atoms with Crippen LogP contribution in [0.1, 0.15) is 32.1 Å². The Labute approximate surface area is 117 Å². The first-order valence-electron chi connectivity index (χ1n) is 7.26. The lowest BCUT2D eigenvalue weighted by molar-refractivity contribution is 0.181. The Bertz CT molecular complexity index is 569. The maximum Gasteiger partial charge on any atom is 0.323 e. The van der Waals surface area contributed by atoms with E-state index in [1.165, 1.54) is 30.0 Å². The molecule has 0 bridgehead atoms. The summed E-state index contributed by atoms with van der Waals surface area (Å²) in [6.07, 6.45) is 8.94. The van der Waals surface area contributed by atoms with Crippen molar-refractivity contribution >= 4 is 11.8 Å². The van der Waals surface area contributed by atoms with E-state index < -0.39 is 0 Å². The topological polar surface area (TPSA) is 67.2 Å². The van der Waals surface area contributed by atoms with Crippen molar-refractivity contribution in [3.05, 3.63) is 22.7 Å². The number of aryl methyl sites for hydroxylation is 1. The molecule has 6 nitrogen and oxygen atoms in total. The first-order chi connectivity index (χ1) is 9.66. The zero-order valence-electron chi connectivity index (χ0n) is 11.7. The quantitative estimate of drug-likeness (QED) is 0.846. The predicted molar refractivity (Wildman–Crippen MR) is 75.6 cm³/mol. The molecule has 1 aromatic rings. The Morgan fingerprint density at radius 1 is 1.35 bits per heavy atom. The molecule has 1 N–H and O–H groups in total. The maximum absolute atomic E-state index is 12.4. The van der Waals surface area contributed by atoms with E-state index in [-0.39, 0.29) is 17.4 Å². The predicted octanol–water partition coefficient (Wildman–Crippen LogP) is 1.58. The van der Waals surface area contributed by atoms with E-state index in [9.17, 15) is 9.59 Å². The zero-order valence-corrected chi connectivity index (χ0v) is 11.7. The summed E-state index contributed by atoms with van der Waals surface area (Å²) in [5, 5.41) is 2.67. The highest BCUT2D eigenvalue weighted by atomic mass is 16.2. The monoisotopic (exact) mass is 276 g/mol. The lowest BCUT2D eigenvalue weighted by atomic mass is 9.85. The number of urea groups is 1. The Morgan fingerprint density at radius 2 is 2.15 bits per heavy atom. The molecule has 0 radical (unpaired) electrons. The van der Waals surface area contributed by atoms with Crippen molar-refractivity contribution in [2.24, 2.45) is 13.0 Å². The fourth-order valence-corrected chi connectivity index (χ4v) is 3.41. The SMILES string of the molecule is Cn1ccnc(NC(=O)N2CC[C@@H]3CCCC[C@@H]32)c1=O. The van der Waals surface area contributed by atoms with Gasteiger partial charge < -0.3 is 9.47 Å². The van der Waals surface area contributed by atoms with Gasteiger partial charge >= 0.3 is 6.03 Å². The van der Waals surface area contributed by atoms with Crippen molar-refractivity contribution in [3.63, 3.8) is 0 Å². The minimum atomic E-state index is -0.278. The molecule has 0 aromatic carbocycles. The molecule has 6 heteroatoms. The average Bonchev–Trinajstić information content (AvgIpc) is 2.88. The smallest absolute Gasteiger partial charge is 0.321 e. The van der Waals surface area contributed by atoms with Gasteiger partial charge in [0.25, 0.3) is 5.56 Å². The number of hydrogen-bond acceptors (Lipinski definition) is 3. The fourth-order valence-electron chi connectivity index (χ4n) is 3.41. The number of likely N-dealkylation sites (tertiary alicyclic amines) is 1. The third kappa shape index (κ3) is 2.30. The number of carbonyl (C=O) groups excluding carboxylic acids is 1. The van der Waals surface area contributed by atoms with Crippen molar-refractivity contribution in [1.29, 1.82) is 0 Å². The summed E-state index contributed by atoms with van der Waals surface area (Å²) in [6.45, 7) is 0.786. The van der Waals surface area contributed by atoms with Crippen LogP contribution >= 0.6 is 0 Å². The van der Waals surface area contributed by atoms with Crippen LogP contribution in [0, 0.1) is 5.92 Å². The van der Waals surface area contributed by atoms with Crippen LogP contribution in [-0.4, -0.2) is 33.1 Å². The Kier molecular flexibility index (Phi) is 3.46. The Hall–Kier alpha value is -1.85. The van der Waals surface area contributed by atoms with Crippen LogP contribution in [0.15, 0.2) is 17.2 Å². The van der Waals surface area contributed by atoms with Crippen LogP contribution in [0.3, 0.4) is 0 Å². The largest absolute Gasteiger partial charge is 0.323 e. The van der Waals surface area contributed by atoms with E-state index in [0.717, 1.165) is 19.4 Å². The minimum Gasteiger partial charge on any atom is -0.321 e. The molecule has 20 heavy (non-hydrogen) atoms. The molecule has 1 aliphatic heterocycles. The maximum atomic E-state index is 12.4. The lowest BCUT2D eigenvalue weighted by Gasteiger charge is -2.31. The summed E-state index contributed by atoms with van der Waals surface area (Å²) in [6, 6.07) is 0.159. The summed E-state index contributed by atoms with van der Waals surface area (Å²) >= 11 is 0. The molecule has 1 saturated heterocycles. The number of hydrogen-bond donors (Lipinski definition) is 1. The van der Waals surface area contributed by atoms with Crippen molar-refractivity contribution in [2.75, 3.05) is 11.9 Å². The summed E-state index contributed by atoms with van der Waals surface area (Å²) in [5.74, 6) is 0.750. The Morgan fingerprint density at radius 3 is 3.00 bits per heavy atom. The fraction of sp³-hybridized carbons (Fsp3) is 0.643. The van der Waals surface area contributed by atoms with Crippen molar-refractivity contribution < 1.29 is 4.79 Å². The van der Waals surface area contributed by atoms with Crippen LogP contribution in [0.2, 0.25) is 0 Å². The van der Waals surface area contributed by atoms with E-state index in [0.29, 0.717) is 12.0 Å². The van der Waals surface area contributed by atoms with Crippen molar-refractivity contribution in [1.82, 2.24) is 14.5 Å². The second kappa shape index (κ2) is 5.26. The average molecular weight is 276 g/mol. The highest BCUT2D eigenvalue weighted by Gasteiger charge is 2.38. The molecule has 2 amide bonds. The first kappa shape index (κ1) is 13.1. The highest BCUT2D eigenvalue weighted by molar-refractivity contribution is 5.88. The third-order valence-corrected chi connectivity index (χ3v) is 4.51. The van der Waals surface area contributed by atoms with Gasteiger partial charge in [0.2, 0.25) is 5.82 Å². The number of aromatic nitrogens is 2. The van der Waals surface area contributed by atoms with Gasteiger partial charge in [-0.25, -0.2) is 9.78 Å². The standard InChI is InChI=1S/C14H20N4O2/c1-17-9-7-15-12(13(17)19)16-14(20)18-8-6-10-4-2-3-5-11(10)18/h7,9-11H,2-6,8H2,1H3,(H,15,16,20)/t10-,11-/m0/s1. The van der Waals surface area contributed by atoms with E-state index in [1.807, 2.05) is 4.90 Å². The van der Waals surface area contributed by atoms with Gasteiger partial charge in [-0.15, -0.1) is 0 Å². The lowest BCUT2D eigenvalue weighted by Crippen LogP contribution is -2.42. The molecule has 1 saturated carbocycles. The number of nitrogens with zero attached hydrogens (tertiary/aromatic N) is 3. The van der Waals surface area contributed by atoms with Crippen LogP contribution in [0.4, 0.5) is 10.6 Å². The van der Waals surface area contributed by atoms with Crippen molar-refractivity contribution in [3.8, 4) is 0 Å². The number of rotatable bonds is 1. The van der Waals surface area contributed by atoms with E-state index >= 15 is 0 Å². The third-order valence-electron chi connectivity index (χ3n) is 4.51. The number of fused-ring (bicyclic) bond motifs is 1. The van der Waals surface area contributed by atoms with Gasteiger partial charge in [-0.3, -0.25) is 10.1 Å². The summed E-state index contributed by atoms with van der Waals surface area (Å²) in [4.78, 5) is 30.1. The minimum absolute atomic E-state index is 0.110. The molecule has 108 valence electrons. The van der Waals surface area contributed by atoms with E-state index in [2.05, 4.69) is 10.3 Å². The Balaban J connectivity index is 1.73. The van der Waals surface area contributed by atoms with Gasteiger partial charge in [0.1, 0.15) is 0 Å². The molecular weight excluding hydrogens is 256 g/mol. The van der Waals surface area contributed by atoms with Crippen LogP contribution in [0.5, 0.6) is 0 Å². The molecule has 2 fully saturated rings. The van der Waals surface area contributed by atoms with Crippen LogP contribution in [0.25, 0.3) is 0 Å². The van der Waals surface area contributed by atoms with Gasteiger partial charge in [0.15, 0.2) is 0 Å². The number of carbonyl (C=O) groups is 1. The normalized spacial score (nSPS) is 25.4. The zero-order chi connectivity index (χ0) is 14.1. The molecule has 1 aromatic heterocycles. The van der Waals surface area contributed by atoms with Gasteiger partial charge in [-0.05, 0) is 25.2 Å². The van der Waals surface area contributed by atoms with Crippen LogP contribution in [-0.2, 0) is 7.05 Å². The molecule has 2 atom stereocenters. The van der Waals surface area contributed by atoms with Gasteiger partial charge in [-0.2, -0.15) is 0 Å². The molecule has 3 rings (SSSR count). The van der Waals surface area contributed by atoms with Crippen molar-refractivity contribution in [2.45, 2.75) is 38.1 Å². The molecule has 0 unspecified atom stereocenters. The molecule has 2 aliphatic rings. The van der Waals surface area contributed by atoms with Crippen LogP contribution < -0.4 is 10.9 Å². The molecular formula is C14H20N4O2. The van der Waals surface area contributed by atoms with Gasteiger partial charge in [0, 0.05) is 32.0 Å². The molecule has 2 heterocycles. The number of amides is 2. The second-order valence-electron chi connectivity index (χ2n) is 5.72. The van der Waals surface area contributed by atoms with E-state index in [1.54, 1.807) is 13.2 Å². The summed E-state index contributed by atoms with van der Waals surface area (Å²) < 4.78 is 1.41. The highest BCUT2D eigenvalue weighted by Crippen LogP contribution is 2.36. The van der Waals surface area contributed by atoms with E-state index in [4.69, 9.17) is 0 Å². The summed E-state index contributed by atoms with van der Waals surface area (Å²) in [5.41, 5.74) is -0.278. The summed E-state index contributed by atoms with van der Waals surface area (Å²) in [7, 11) is 1.65. The van der Waals surface area contributed by atoms with Gasteiger partial charge in [0.05, 0.1) is 0 Å². The van der Waals surface area contributed by atoms with Gasteiger partial charge in [-0.1, -0.05) is 12.8 Å². The first-order valence-corrected chi connectivity index (χ1v) is 7.26. The molecule has 1 aliphatic carbocycles.